The minimum Gasteiger partial charge on any atom is -0.326 e. The molecule has 0 aliphatic heterocycles. The van der Waals surface area contributed by atoms with Crippen molar-refractivity contribution in [1.29, 1.82) is 0 Å². The fraction of sp³-hybridized carbons (Fsp3) is 0.167. The average molecular weight is 354 g/mol. The van der Waals surface area contributed by atoms with Crippen molar-refractivity contribution in [2.75, 3.05) is 0 Å². The summed E-state index contributed by atoms with van der Waals surface area (Å²) in [6.07, 6.45) is 4.70. The Labute approximate surface area is 147 Å². The van der Waals surface area contributed by atoms with E-state index < -0.39 is 5.82 Å². The van der Waals surface area contributed by atoms with Crippen LogP contribution in [0.5, 0.6) is 0 Å². The van der Waals surface area contributed by atoms with Crippen molar-refractivity contribution < 1.29 is 8.87 Å². The molecule has 4 aromatic rings. The van der Waals surface area contributed by atoms with E-state index in [-0.39, 0.29) is 17.0 Å². The fourth-order valence-corrected chi connectivity index (χ4v) is 3.13. The second kappa shape index (κ2) is 5.99. The van der Waals surface area contributed by atoms with Crippen LogP contribution in [0.15, 0.2) is 36.8 Å². The Morgan fingerprint density at radius 1 is 1.19 bits per heavy atom. The van der Waals surface area contributed by atoms with Crippen molar-refractivity contribution in [2.24, 2.45) is 12.8 Å². The number of pyridine rings is 1. The van der Waals surface area contributed by atoms with E-state index in [1.54, 1.807) is 37.1 Å². The zero-order valence-corrected chi connectivity index (χ0v) is 14.2. The molecule has 8 heteroatoms. The van der Waals surface area contributed by atoms with Gasteiger partial charge in [-0.1, -0.05) is 15.5 Å². The van der Waals surface area contributed by atoms with Gasteiger partial charge in [-0.2, -0.15) is 5.10 Å². The molecule has 0 spiro atoms. The van der Waals surface area contributed by atoms with Crippen LogP contribution in [0, 0.1) is 12.7 Å². The van der Waals surface area contributed by atoms with Crippen molar-refractivity contribution in [2.45, 2.75) is 13.5 Å². The monoisotopic (exact) mass is 354 g/mol. The van der Waals surface area contributed by atoms with Crippen molar-refractivity contribution in [3.63, 3.8) is 0 Å². The highest BCUT2D eigenvalue weighted by molar-refractivity contribution is 5.94. The van der Waals surface area contributed by atoms with Crippen molar-refractivity contribution in [1.82, 2.24) is 24.8 Å². The molecule has 3 heterocycles. The van der Waals surface area contributed by atoms with Gasteiger partial charge < -0.3 is 5.73 Å². The van der Waals surface area contributed by atoms with E-state index in [0.29, 0.717) is 39.0 Å². The Kier molecular flexibility index (Phi) is 3.77. The van der Waals surface area contributed by atoms with Crippen LogP contribution >= 0.6 is 0 Å². The van der Waals surface area contributed by atoms with Gasteiger partial charge in [0.1, 0.15) is 17.0 Å². The maximum atomic E-state index is 14.6. The van der Waals surface area contributed by atoms with E-state index >= 15 is 0 Å². The summed E-state index contributed by atoms with van der Waals surface area (Å²) in [4.78, 5) is 4.51. The largest absolute Gasteiger partial charge is 0.326 e. The third-order valence-corrected chi connectivity index (χ3v) is 4.34. The standard InChI is InChI=1S/C18H16F2N6/c1-10-3-11(6-21)4-14(19)17(10)15-5-13-16(8-22-15)26(20)24-18(13)12-7-23-25(2)9-12/h3-5,7-9H,6,21H2,1-2H3. The molecule has 2 N–H and O–H groups in total. The number of aryl methyl sites for hydroxylation is 2. The lowest BCUT2D eigenvalue weighted by atomic mass is 10.00. The molecule has 1 aromatic carbocycles. The molecular formula is C18H16F2N6. The number of hydrogen-bond donors (Lipinski definition) is 1. The molecule has 0 saturated heterocycles. The third-order valence-electron chi connectivity index (χ3n) is 4.34. The van der Waals surface area contributed by atoms with E-state index in [1.807, 2.05) is 6.07 Å². The Morgan fingerprint density at radius 2 is 2.00 bits per heavy atom. The van der Waals surface area contributed by atoms with Crippen LogP contribution in [0.4, 0.5) is 8.87 Å². The first-order valence-corrected chi connectivity index (χ1v) is 8.01. The summed E-state index contributed by atoms with van der Waals surface area (Å²) in [5, 5.41) is 8.56. The molecule has 4 rings (SSSR count). The molecule has 0 aliphatic rings. The van der Waals surface area contributed by atoms with Crippen molar-refractivity contribution >= 4 is 10.9 Å². The lowest BCUT2D eigenvalue weighted by Crippen LogP contribution is -2.00. The maximum Gasteiger partial charge on any atom is 0.133 e. The Balaban J connectivity index is 1.94. The van der Waals surface area contributed by atoms with E-state index in [4.69, 9.17) is 5.73 Å². The number of nitrogens with two attached hydrogens (primary N) is 1. The summed E-state index contributed by atoms with van der Waals surface area (Å²) < 4.78 is 30.4. The second-order valence-electron chi connectivity index (χ2n) is 6.17. The number of nitrogens with zero attached hydrogens (tertiary/aromatic N) is 5. The molecule has 0 atom stereocenters. The van der Waals surface area contributed by atoms with Gasteiger partial charge in [0.05, 0.1) is 18.1 Å². The highest BCUT2D eigenvalue weighted by Crippen LogP contribution is 2.32. The smallest absolute Gasteiger partial charge is 0.133 e. The molecule has 0 bridgehead atoms. The van der Waals surface area contributed by atoms with Gasteiger partial charge in [0.15, 0.2) is 0 Å². The maximum absolute atomic E-state index is 14.6. The van der Waals surface area contributed by atoms with Crippen LogP contribution in [0.2, 0.25) is 0 Å². The summed E-state index contributed by atoms with van der Waals surface area (Å²) in [6, 6.07) is 4.87. The number of rotatable bonds is 3. The van der Waals surface area contributed by atoms with Crippen LogP contribution in [-0.2, 0) is 13.6 Å². The molecule has 0 unspecified atom stereocenters. The van der Waals surface area contributed by atoms with Gasteiger partial charge in [-0.15, -0.1) is 5.10 Å². The lowest BCUT2D eigenvalue weighted by Gasteiger charge is -2.09. The first kappa shape index (κ1) is 16.3. The number of hydrogen-bond acceptors (Lipinski definition) is 4. The van der Waals surface area contributed by atoms with Gasteiger partial charge in [0.25, 0.3) is 0 Å². The molecule has 0 amide bonds. The predicted octanol–water partition coefficient (Wildman–Crippen LogP) is 3.14. The van der Waals surface area contributed by atoms with Crippen LogP contribution in [0.25, 0.3) is 33.4 Å². The van der Waals surface area contributed by atoms with E-state index in [2.05, 4.69) is 15.2 Å². The van der Waals surface area contributed by atoms with E-state index in [1.165, 1.54) is 12.3 Å². The molecule has 132 valence electrons. The predicted molar refractivity (Wildman–Crippen MR) is 94.3 cm³/mol. The van der Waals surface area contributed by atoms with E-state index in [0.717, 1.165) is 0 Å². The van der Waals surface area contributed by atoms with Crippen LogP contribution < -0.4 is 5.73 Å². The van der Waals surface area contributed by atoms with Crippen molar-refractivity contribution in [3.8, 4) is 22.5 Å². The molecule has 0 saturated carbocycles. The fourth-order valence-electron chi connectivity index (χ4n) is 3.13. The normalized spacial score (nSPS) is 11.4. The van der Waals surface area contributed by atoms with Gasteiger partial charge >= 0.3 is 0 Å². The molecule has 0 fully saturated rings. The van der Waals surface area contributed by atoms with Crippen molar-refractivity contribution in [3.05, 3.63) is 53.7 Å². The Bertz CT molecular complexity index is 1110. The molecule has 3 aromatic heterocycles. The van der Waals surface area contributed by atoms with Gasteiger partial charge in [-0.3, -0.25) is 9.67 Å². The molecule has 6 nitrogen and oxygen atoms in total. The second-order valence-corrected chi connectivity index (χ2v) is 6.17. The minimum absolute atomic E-state index is 0.212. The quantitative estimate of drug-likeness (QED) is 0.613. The molecule has 26 heavy (non-hydrogen) atoms. The number of benzene rings is 1. The Hall–Kier alpha value is -3.13. The summed E-state index contributed by atoms with van der Waals surface area (Å²) in [7, 11) is 1.77. The van der Waals surface area contributed by atoms with Gasteiger partial charge in [-0.05, 0) is 30.2 Å². The van der Waals surface area contributed by atoms with Crippen LogP contribution in [-0.4, -0.2) is 24.8 Å². The average Bonchev–Trinajstić information content (AvgIpc) is 3.17. The zero-order chi connectivity index (χ0) is 18.4. The zero-order valence-electron chi connectivity index (χ0n) is 14.2. The number of aromatic nitrogens is 5. The van der Waals surface area contributed by atoms with Gasteiger partial charge in [0.2, 0.25) is 0 Å². The SMILES string of the molecule is Cc1cc(CN)cc(F)c1-c1cc2c(-c3cnn(C)c3)nn(F)c2cn1. The first-order valence-electron chi connectivity index (χ1n) is 8.01. The van der Waals surface area contributed by atoms with Gasteiger partial charge in [0, 0.05) is 36.3 Å². The minimum atomic E-state index is -0.409. The summed E-state index contributed by atoms with van der Waals surface area (Å²) >= 11 is 0. The molecule has 0 aliphatic carbocycles. The highest BCUT2D eigenvalue weighted by atomic mass is 19.2. The first-order chi connectivity index (χ1) is 12.5. The molecule has 0 radical (unpaired) electrons. The third kappa shape index (κ3) is 2.55. The summed E-state index contributed by atoms with van der Waals surface area (Å²) in [5.74, 6) is -0.409. The number of fused-ring (bicyclic) bond motifs is 1. The van der Waals surface area contributed by atoms with Crippen LogP contribution in [0.1, 0.15) is 11.1 Å². The summed E-state index contributed by atoms with van der Waals surface area (Å²) in [6.45, 7) is 2.05. The lowest BCUT2D eigenvalue weighted by molar-refractivity contribution is 0.333. The van der Waals surface area contributed by atoms with Crippen LogP contribution in [0.3, 0.4) is 0 Å². The Morgan fingerprint density at radius 3 is 2.65 bits per heavy atom. The number of halogens is 2. The van der Waals surface area contributed by atoms with E-state index in [9.17, 15) is 8.87 Å². The highest BCUT2D eigenvalue weighted by Gasteiger charge is 2.18. The topological polar surface area (TPSA) is 74.5 Å². The molecular weight excluding hydrogens is 338 g/mol. The summed E-state index contributed by atoms with van der Waals surface area (Å²) in [5.41, 5.74) is 9.11. The van der Waals surface area contributed by atoms with Gasteiger partial charge in [-0.25, -0.2) is 4.39 Å².